The summed E-state index contributed by atoms with van der Waals surface area (Å²) < 4.78 is 33.2. The van der Waals surface area contributed by atoms with Crippen LogP contribution in [0.5, 0.6) is 5.75 Å². The van der Waals surface area contributed by atoms with Crippen LogP contribution in [-0.4, -0.2) is 38.3 Å². The molecule has 1 aromatic heterocycles. The lowest BCUT2D eigenvalue weighted by Crippen LogP contribution is -2.45. The van der Waals surface area contributed by atoms with E-state index in [0.717, 1.165) is 32.1 Å². The Labute approximate surface area is 182 Å². The van der Waals surface area contributed by atoms with Gasteiger partial charge in [0.05, 0.1) is 34.3 Å². The smallest absolute Gasteiger partial charge is 0.307 e. The number of thiazole rings is 1. The van der Waals surface area contributed by atoms with E-state index in [1.54, 1.807) is 25.2 Å². The molecule has 2 aromatic carbocycles. The third-order valence-corrected chi connectivity index (χ3v) is 7.07. The van der Waals surface area contributed by atoms with E-state index in [2.05, 4.69) is 5.32 Å². The van der Waals surface area contributed by atoms with Gasteiger partial charge in [-0.15, -0.1) is 0 Å². The van der Waals surface area contributed by atoms with Gasteiger partial charge in [0.1, 0.15) is 11.8 Å². The maximum absolute atomic E-state index is 12.9. The molecule has 0 radical (unpaired) electrons. The van der Waals surface area contributed by atoms with Crippen molar-refractivity contribution in [3.63, 3.8) is 0 Å². The Morgan fingerprint density at radius 1 is 1.27 bits per heavy atom. The number of methoxy groups -OCH3 is 1. The predicted octanol–water partition coefficient (Wildman–Crippen LogP) is 3.06. The molecule has 1 N–H and O–H groups in total. The Morgan fingerprint density at radius 3 is 2.57 bits per heavy atom. The minimum atomic E-state index is -3.80. The van der Waals surface area contributed by atoms with Gasteiger partial charge >= 0.3 is 4.87 Å². The van der Waals surface area contributed by atoms with Gasteiger partial charge in [-0.25, -0.2) is 8.42 Å². The zero-order valence-corrected chi connectivity index (χ0v) is 19.1. The Bertz CT molecular complexity index is 1280. The molecular formula is C19H20ClN3O5S2. The first-order chi connectivity index (χ1) is 14.0. The van der Waals surface area contributed by atoms with E-state index in [1.807, 2.05) is 0 Å². The van der Waals surface area contributed by atoms with E-state index in [4.69, 9.17) is 16.3 Å². The van der Waals surface area contributed by atoms with Crippen LogP contribution in [0.15, 0.2) is 41.2 Å². The number of fused-ring (bicyclic) bond motifs is 1. The summed E-state index contributed by atoms with van der Waals surface area (Å²) in [7, 11) is -0.675. The van der Waals surface area contributed by atoms with Crippen LogP contribution >= 0.6 is 22.9 Å². The lowest BCUT2D eigenvalue weighted by Gasteiger charge is -2.28. The topological polar surface area (TPSA) is 97.7 Å². The van der Waals surface area contributed by atoms with Gasteiger partial charge in [0.2, 0.25) is 15.9 Å². The number of halogens is 1. The fraction of sp³-hybridized carbons (Fsp3) is 0.263. The summed E-state index contributed by atoms with van der Waals surface area (Å²) in [6.45, 7) is 1.48. The molecule has 11 heteroatoms. The number of carbonyl (C=O) groups excluding carboxylic acids is 1. The zero-order valence-electron chi connectivity index (χ0n) is 16.7. The van der Waals surface area contributed by atoms with E-state index in [0.29, 0.717) is 11.4 Å². The van der Waals surface area contributed by atoms with Gasteiger partial charge in [0, 0.05) is 12.7 Å². The molecule has 0 unspecified atom stereocenters. The first-order valence-corrected chi connectivity index (χ1v) is 11.8. The summed E-state index contributed by atoms with van der Waals surface area (Å²) in [6.07, 6.45) is 1.02. The van der Waals surface area contributed by atoms with Gasteiger partial charge in [-0.3, -0.25) is 13.9 Å². The number of aromatic nitrogens is 1. The zero-order chi connectivity index (χ0) is 22.2. The van der Waals surface area contributed by atoms with Crippen molar-refractivity contribution in [1.29, 1.82) is 0 Å². The number of ether oxygens (including phenoxy) is 1. The molecule has 0 aliphatic heterocycles. The third kappa shape index (κ3) is 4.30. The SMILES string of the molecule is COc1ccc(N([C@@H](C)C(=O)Nc2ccc3c(c2)sc(=O)n3C)S(C)(=O)=O)cc1Cl. The number of benzene rings is 2. The number of nitrogens with zero attached hydrogens (tertiary/aromatic N) is 2. The summed E-state index contributed by atoms with van der Waals surface area (Å²) >= 11 is 7.20. The van der Waals surface area contributed by atoms with Crippen molar-refractivity contribution >= 4 is 60.5 Å². The largest absolute Gasteiger partial charge is 0.495 e. The second kappa shape index (κ2) is 8.29. The number of hydrogen-bond acceptors (Lipinski definition) is 6. The van der Waals surface area contributed by atoms with E-state index >= 15 is 0 Å². The maximum atomic E-state index is 12.9. The molecule has 0 fully saturated rings. The number of hydrogen-bond donors (Lipinski definition) is 1. The standard InChI is InChI=1S/C19H20ClN3O5S2/c1-11(23(30(4,26)27)13-6-8-16(28-3)14(20)10-13)18(24)21-12-5-7-15-17(9-12)29-19(25)22(15)2/h5-11H,1-4H3,(H,21,24)/t11-/m0/s1. The summed E-state index contributed by atoms with van der Waals surface area (Å²) in [5.74, 6) is -0.142. The van der Waals surface area contributed by atoms with Gasteiger partial charge in [-0.2, -0.15) is 0 Å². The average molecular weight is 470 g/mol. The lowest BCUT2D eigenvalue weighted by molar-refractivity contribution is -0.116. The quantitative estimate of drug-likeness (QED) is 0.598. The van der Waals surface area contributed by atoms with Crippen LogP contribution in [-0.2, 0) is 21.9 Å². The normalized spacial score (nSPS) is 12.6. The highest BCUT2D eigenvalue weighted by Crippen LogP contribution is 2.31. The molecule has 0 aliphatic carbocycles. The number of nitrogens with one attached hydrogen (secondary N) is 1. The molecule has 3 aromatic rings. The molecule has 0 saturated carbocycles. The molecule has 1 amide bonds. The number of amides is 1. The van der Waals surface area contributed by atoms with E-state index in [1.165, 1.54) is 36.8 Å². The molecular weight excluding hydrogens is 450 g/mol. The molecule has 3 rings (SSSR count). The van der Waals surface area contributed by atoms with Crippen LogP contribution in [0.2, 0.25) is 5.02 Å². The van der Waals surface area contributed by atoms with E-state index in [9.17, 15) is 18.0 Å². The molecule has 0 saturated heterocycles. The highest BCUT2D eigenvalue weighted by atomic mass is 35.5. The number of anilines is 2. The fourth-order valence-corrected chi connectivity index (χ4v) is 5.40. The fourth-order valence-electron chi connectivity index (χ4n) is 3.06. The number of sulfonamides is 1. The summed E-state index contributed by atoms with van der Waals surface area (Å²) in [5, 5.41) is 2.94. The molecule has 160 valence electrons. The van der Waals surface area contributed by atoms with Crippen molar-refractivity contribution in [1.82, 2.24) is 4.57 Å². The highest BCUT2D eigenvalue weighted by molar-refractivity contribution is 7.92. The molecule has 1 heterocycles. The Kier molecular flexibility index (Phi) is 6.11. The van der Waals surface area contributed by atoms with Crippen LogP contribution in [0, 0.1) is 0 Å². The summed E-state index contributed by atoms with van der Waals surface area (Å²) in [4.78, 5) is 24.6. The van der Waals surface area contributed by atoms with Gasteiger partial charge in [0.25, 0.3) is 0 Å². The van der Waals surface area contributed by atoms with Gasteiger partial charge < -0.3 is 14.6 Å². The minimum Gasteiger partial charge on any atom is -0.495 e. The lowest BCUT2D eigenvalue weighted by atomic mass is 10.2. The van der Waals surface area contributed by atoms with E-state index in [-0.39, 0.29) is 15.6 Å². The van der Waals surface area contributed by atoms with Crippen molar-refractivity contribution in [2.45, 2.75) is 13.0 Å². The van der Waals surface area contributed by atoms with Gasteiger partial charge in [-0.1, -0.05) is 22.9 Å². The number of aryl methyl sites for hydroxylation is 1. The van der Waals surface area contributed by atoms with Crippen LogP contribution in [0.4, 0.5) is 11.4 Å². The second-order valence-electron chi connectivity index (χ2n) is 6.65. The van der Waals surface area contributed by atoms with Crippen molar-refractivity contribution in [2.75, 3.05) is 23.0 Å². The van der Waals surface area contributed by atoms with Crippen molar-refractivity contribution < 1.29 is 17.9 Å². The number of rotatable bonds is 6. The number of carbonyl (C=O) groups is 1. The van der Waals surface area contributed by atoms with Crippen LogP contribution in [0.1, 0.15) is 6.92 Å². The van der Waals surface area contributed by atoms with Crippen molar-refractivity contribution in [3.05, 3.63) is 51.1 Å². The Hall–Kier alpha value is -2.56. The first kappa shape index (κ1) is 22.1. The highest BCUT2D eigenvalue weighted by Gasteiger charge is 2.29. The summed E-state index contributed by atoms with van der Waals surface area (Å²) in [5.41, 5.74) is 1.45. The van der Waals surface area contributed by atoms with Crippen molar-refractivity contribution in [2.24, 2.45) is 7.05 Å². The monoisotopic (exact) mass is 469 g/mol. The summed E-state index contributed by atoms with van der Waals surface area (Å²) in [6, 6.07) is 8.49. The van der Waals surface area contributed by atoms with Crippen LogP contribution < -0.4 is 19.2 Å². The average Bonchev–Trinajstić information content (AvgIpc) is 2.94. The van der Waals surface area contributed by atoms with Crippen LogP contribution in [0.25, 0.3) is 10.2 Å². The van der Waals surface area contributed by atoms with Gasteiger partial charge in [-0.05, 0) is 43.3 Å². The third-order valence-electron chi connectivity index (χ3n) is 4.54. The second-order valence-corrected chi connectivity index (χ2v) is 9.91. The Morgan fingerprint density at radius 2 is 1.97 bits per heavy atom. The van der Waals surface area contributed by atoms with E-state index < -0.39 is 22.0 Å². The Balaban J connectivity index is 1.91. The minimum absolute atomic E-state index is 0.110. The molecule has 1 atom stereocenters. The van der Waals surface area contributed by atoms with Crippen molar-refractivity contribution in [3.8, 4) is 5.75 Å². The first-order valence-electron chi connectivity index (χ1n) is 8.76. The molecule has 30 heavy (non-hydrogen) atoms. The predicted molar refractivity (Wildman–Crippen MR) is 120 cm³/mol. The van der Waals surface area contributed by atoms with Crippen LogP contribution in [0.3, 0.4) is 0 Å². The molecule has 0 bridgehead atoms. The molecule has 8 nitrogen and oxygen atoms in total. The maximum Gasteiger partial charge on any atom is 0.307 e. The molecule has 0 spiro atoms. The van der Waals surface area contributed by atoms with Gasteiger partial charge in [0.15, 0.2) is 0 Å². The molecule has 0 aliphatic rings.